The molecule has 1 aliphatic carbocycles. The van der Waals surface area contributed by atoms with E-state index in [2.05, 4.69) is 5.32 Å². The van der Waals surface area contributed by atoms with Gasteiger partial charge in [-0.15, -0.1) is 0 Å². The summed E-state index contributed by atoms with van der Waals surface area (Å²) in [5.41, 5.74) is 2.15. The molecule has 3 nitrogen and oxygen atoms in total. The maximum absolute atomic E-state index is 10.3. The van der Waals surface area contributed by atoms with Gasteiger partial charge in [-0.05, 0) is 11.1 Å². The fourth-order valence-electron chi connectivity index (χ4n) is 1.85. The smallest absolute Gasteiger partial charge is 0.207 e. The van der Waals surface area contributed by atoms with Gasteiger partial charge in [0.1, 0.15) is 0 Å². The van der Waals surface area contributed by atoms with Gasteiger partial charge in [-0.1, -0.05) is 24.3 Å². The quantitative estimate of drug-likeness (QED) is 0.642. The predicted molar refractivity (Wildman–Crippen MR) is 48.1 cm³/mol. The number of nitrogens with one attached hydrogen (secondary N) is 1. The van der Waals surface area contributed by atoms with Crippen molar-refractivity contribution in [2.75, 3.05) is 0 Å². The van der Waals surface area contributed by atoms with Crippen LogP contribution < -0.4 is 5.32 Å². The zero-order valence-electron chi connectivity index (χ0n) is 7.10. The zero-order valence-corrected chi connectivity index (χ0v) is 7.10. The van der Waals surface area contributed by atoms with Gasteiger partial charge in [0.05, 0.1) is 12.1 Å². The Balaban J connectivity index is 2.34. The van der Waals surface area contributed by atoms with E-state index in [4.69, 9.17) is 0 Å². The fourth-order valence-corrected chi connectivity index (χ4v) is 1.85. The van der Waals surface area contributed by atoms with Crippen LogP contribution in [0.5, 0.6) is 0 Å². The van der Waals surface area contributed by atoms with Crippen LogP contribution in [-0.4, -0.2) is 17.6 Å². The molecule has 0 saturated carbocycles. The molecule has 1 amide bonds. The molecule has 13 heavy (non-hydrogen) atoms. The third-order valence-corrected chi connectivity index (χ3v) is 2.45. The first-order valence-corrected chi connectivity index (χ1v) is 4.28. The number of hydrogen-bond donors (Lipinski definition) is 2. The van der Waals surface area contributed by atoms with E-state index in [1.54, 1.807) is 0 Å². The van der Waals surface area contributed by atoms with Crippen LogP contribution in [0.1, 0.15) is 17.2 Å². The van der Waals surface area contributed by atoms with Crippen molar-refractivity contribution in [2.24, 2.45) is 0 Å². The van der Waals surface area contributed by atoms with E-state index in [0.29, 0.717) is 12.8 Å². The Morgan fingerprint density at radius 3 is 3.00 bits per heavy atom. The Morgan fingerprint density at radius 2 is 2.23 bits per heavy atom. The summed E-state index contributed by atoms with van der Waals surface area (Å²) in [7, 11) is 0. The third kappa shape index (κ3) is 1.31. The number of carbonyl (C=O) groups is 1. The van der Waals surface area contributed by atoms with Crippen LogP contribution in [0.25, 0.3) is 0 Å². The highest BCUT2D eigenvalue weighted by molar-refractivity contribution is 5.50. The molecular formula is C10H11NO2. The lowest BCUT2D eigenvalue weighted by Crippen LogP contribution is -2.27. The van der Waals surface area contributed by atoms with Gasteiger partial charge >= 0.3 is 0 Å². The number of amides is 1. The molecule has 2 atom stereocenters. The lowest BCUT2D eigenvalue weighted by molar-refractivity contribution is -0.110. The normalized spacial score (nSPS) is 25.3. The van der Waals surface area contributed by atoms with E-state index in [1.165, 1.54) is 0 Å². The van der Waals surface area contributed by atoms with Crippen molar-refractivity contribution in [3.05, 3.63) is 35.4 Å². The van der Waals surface area contributed by atoms with Gasteiger partial charge in [0.25, 0.3) is 0 Å². The second-order valence-corrected chi connectivity index (χ2v) is 3.23. The van der Waals surface area contributed by atoms with Crippen LogP contribution in [0.2, 0.25) is 0 Å². The molecule has 0 unspecified atom stereocenters. The number of hydrogen-bond acceptors (Lipinski definition) is 2. The summed E-state index contributed by atoms with van der Waals surface area (Å²) >= 11 is 0. The maximum Gasteiger partial charge on any atom is 0.207 e. The Kier molecular flexibility index (Phi) is 2.02. The molecule has 0 heterocycles. The van der Waals surface area contributed by atoms with Crippen LogP contribution in [-0.2, 0) is 11.2 Å². The van der Waals surface area contributed by atoms with Crippen molar-refractivity contribution in [2.45, 2.75) is 18.6 Å². The van der Waals surface area contributed by atoms with Gasteiger partial charge in [-0.3, -0.25) is 4.79 Å². The number of aliphatic hydroxyl groups is 1. The van der Waals surface area contributed by atoms with Gasteiger partial charge in [-0.25, -0.2) is 0 Å². The molecule has 1 aliphatic rings. The third-order valence-electron chi connectivity index (χ3n) is 2.45. The second-order valence-electron chi connectivity index (χ2n) is 3.23. The fraction of sp³-hybridized carbons (Fsp3) is 0.300. The first-order valence-electron chi connectivity index (χ1n) is 4.28. The number of fused-ring (bicyclic) bond motifs is 1. The van der Waals surface area contributed by atoms with Gasteiger partial charge in [-0.2, -0.15) is 0 Å². The Hall–Kier alpha value is -1.35. The predicted octanol–water partition coefficient (Wildman–Crippen LogP) is 0.391. The molecule has 0 bridgehead atoms. The average Bonchev–Trinajstić information content (AvgIpc) is 2.44. The average molecular weight is 177 g/mol. The minimum Gasteiger partial charge on any atom is -0.390 e. The molecule has 0 fully saturated rings. The molecule has 3 heteroatoms. The van der Waals surface area contributed by atoms with Crippen molar-refractivity contribution in [3.63, 3.8) is 0 Å². The summed E-state index contributed by atoms with van der Waals surface area (Å²) in [5.74, 6) is 0. The van der Waals surface area contributed by atoms with Crippen molar-refractivity contribution < 1.29 is 9.90 Å². The van der Waals surface area contributed by atoms with E-state index in [-0.39, 0.29) is 6.04 Å². The summed E-state index contributed by atoms with van der Waals surface area (Å²) in [6.07, 6.45) is 0.778. The van der Waals surface area contributed by atoms with Crippen molar-refractivity contribution >= 4 is 6.41 Å². The van der Waals surface area contributed by atoms with E-state index in [0.717, 1.165) is 11.1 Å². The Labute approximate surface area is 76.4 Å². The van der Waals surface area contributed by atoms with E-state index in [1.807, 2.05) is 24.3 Å². The lowest BCUT2D eigenvalue weighted by atomic mass is 10.1. The topological polar surface area (TPSA) is 49.3 Å². The van der Waals surface area contributed by atoms with Crippen LogP contribution >= 0.6 is 0 Å². The molecule has 2 rings (SSSR count). The summed E-state index contributed by atoms with van der Waals surface area (Å²) in [4.78, 5) is 10.3. The lowest BCUT2D eigenvalue weighted by Gasteiger charge is -2.13. The standard InChI is InChI=1S/C10H11NO2/c12-6-11-10-8-4-2-1-3-7(8)5-9(10)13/h1-4,6,9-10,13H,5H2,(H,11,12)/t9-,10-/m0/s1. The Morgan fingerprint density at radius 1 is 1.46 bits per heavy atom. The van der Waals surface area contributed by atoms with E-state index >= 15 is 0 Å². The zero-order chi connectivity index (χ0) is 9.26. The molecule has 2 N–H and O–H groups in total. The van der Waals surface area contributed by atoms with E-state index in [9.17, 15) is 9.90 Å². The largest absolute Gasteiger partial charge is 0.390 e. The van der Waals surface area contributed by atoms with Gasteiger partial charge in [0.15, 0.2) is 0 Å². The summed E-state index contributed by atoms with van der Waals surface area (Å²) < 4.78 is 0. The summed E-state index contributed by atoms with van der Waals surface area (Å²) in [6.45, 7) is 0. The second kappa shape index (κ2) is 3.18. The summed E-state index contributed by atoms with van der Waals surface area (Å²) in [5, 5.41) is 12.2. The summed E-state index contributed by atoms with van der Waals surface area (Å²) in [6, 6.07) is 7.54. The minimum absolute atomic E-state index is 0.228. The molecule has 1 aromatic carbocycles. The SMILES string of the molecule is O=CN[C@H]1c2ccccc2C[C@@H]1O. The molecule has 0 spiro atoms. The highest BCUT2D eigenvalue weighted by Gasteiger charge is 2.29. The van der Waals surface area contributed by atoms with Crippen LogP contribution in [0.4, 0.5) is 0 Å². The number of carbonyl (C=O) groups excluding carboxylic acids is 1. The van der Waals surface area contributed by atoms with Gasteiger partial charge in [0, 0.05) is 6.42 Å². The number of aliphatic hydroxyl groups excluding tert-OH is 1. The minimum atomic E-state index is -0.484. The van der Waals surface area contributed by atoms with Crippen molar-refractivity contribution in [1.29, 1.82) is 0 Å². The maximum atomic E-state index is 10.3. The monoisotopic (exact) mass is 177 g/mol. The molecule has 0 aromatic heterocycles. The van der Waals surface area contributed by atoms with Crippen LogP contribution in [0.3, 0.4) is 0 Å². The van der Waals surface area contributed by atoms with Gasteiger partial charge in [0.2, 0.25) is 6.41 Å². The van der Waals surface area contributed by atoms with Crippen molar-refractivity contribution in [3.8, 4) is 0 Å². The highest BCUT2D eigenvalue weighted by atomic mass is 16.3. The number of benzene rings is 1. The van der Waals surface area contributed by atoms with E-state index < -0.39 is 6.10 Å². The molecule has 0 aliphatic heterocycles. The number of rotatable bonds is 2. The first-order chi connectivity index (χ1) is 6.33. The molecule has 0 radical (unpaired) electrons. The molecule has 1 aromatic rings. The molecular weight excluding hydrogens is 166 g/mol. The van der Waals surface area contributed by atoms with Crippen LogP contribution in [0, 0.1) is 0 Å². The van der Waals surface area contributed by atoms with Crippen molar-refractivity contribution in [1.82, 2.24) is 5.32 Å². The first kappa shape index (κ1) is 8.26. The van der Waals surface area contributed by atoms with Gasteiger partial charge < -0.3 is 10.4 Å². The van der Waals surface area contributed by atoms with Crippen LogP contribution in [0.15, 0.2) is 24.3 Å². The molecule has 68 valence electrons. The highest BCUT2D eigenvalue weighted by Crippen LogP contribution is 2.30. The Bertz CT molecular complexity index is 324. The molecule has 0 saturated heterocycles.